The fourth-order valence-electron chi connectivity index (χ4n) is 3.21. The van der Waals surface area contributed by atoms with E-state index in [1.54, 1.807) is 19.2 Å². The van der Waals surface area contributed by atoms with E-state index in [1.807, 2.05) is 60.9 Å². The molecular weight excluding hydrogens is 368 g/mol. The van der Waals surface area contributed by atoms with Crippen LogP contribution >= 0.6 is 0 Å². The number of hydrogen-bond donors (Lipinski definition) is 1. The number of ether oxygens (including phenoxy) is 1. The molecule has 0 radical (unpaired) electrons. The van der Waals surface area contributed by atoms with E-state index in [0.717, 1.165) is 10.9 Å². The Labute approximate surface area is 168 Å². The molecule has 0 saturated carbocycles. The number of benzene rings is 2. The van der Waals surface area contributed by atoms with E-state index in [9.17, 15) is 4.79 Å². The third-order valence-corrected chi connectivity index (χ3v) is 4.65. The van der Waals surface area contributed by atoms with E-state index in [4.69, 9.17) is 9.15 Å². The molecule has 2 heterocycles. The summed E-state index contributed by atoms with van der Waals surface area (Å²) >= 11 is 0. The number of hydrogen-bond acceptors (Lipinski definition) is 5. The van der Waals surface area contributed by atoms with Gasteiger partial charge < -0.3 is 19.0 Å². The van der Waals surface area contributed by atoms with Crippen LogP contribution in [0.1, 0.15) is 25.7 Å². The second-order valence-corrected chi connectivity index (χ2v) is 7.02. The number of nitrogens with one attached hydrogen (secondary N) is 1. The van der Waals surface area contributed by atoms with Crippen molar-refractivity contribution in [2.24, 2.45) is 0 Å². The Balaban J connectivity index is 1.69. The number of fused-ring (bicyclic) bond motifs is 1. The molecule has 0 unspecified atom stereocenters. The van der Waals surface area contributed by atoms with Gasteiger partial charge in [-0.3, -0.25) is 4.79 Å². The maximum absolute atomic E-state index is 12.8. The summed E-state index contributed by atoms with van der Waals surface area (Å²) in [6.07, 6.45) is 0. The molecule has 0 aliphatic heterocycles. The highest BCUT2D eigenvalue weighted by atomic mass is 16.5. The highest BCUT2D eigenvalue weighted by molar-refractivity contribution is 5.94. The second-order valence-electron chi connectivity index (χ2n) is 7.02. The lowest BCUT2D eigenvalue weighted by molar-refractivity contribution is -0.116. The van der Waals surface area contributed by atoms with Gasteiger partial charge in [0.05, 0.1) is 12.8 Å². The first-order valence-corrected chi connectivity index (χ1v) is 9.41. The number of aromatic nitrogens is 3. The number of anilines is 1. The van der Waals surface area contributed by atoms with Crippen molar-refractivity contribution in [1.29, 1.82) is 0 Å². The Morgan fingerprint density at radius 1 is 1.14 bits per heavy atom. The largest absolute Gasteiger partial charge is 0.495 e. The Bertz CT molecular complexity index is 1160. The zero-order valence-electron chi connectivity index (χ0n) is 16.5. The number of rotatable bonds is 6. The molecule has 4 aromatic rings. The SMILES string of the molecule is COc1ccccc1NC(=O)Cn1c(-c2nnc(C(C)C)o2)cc2ccccc21. The van der Waals surface area contributed by atoms with Crippen LogP contribution in [-0.2, 0) is 11.3 Å². The lowest BCUT2D eigenvalue weighted by Crippen LogP contribution is -2.19. The molecular formula is C22H22N4O3. The number of para-hydroxylation sites is 3. The molecule has 0 fully saturated rings. The smallest absolute Gasteiger partial charge is 0.264 e. The Morgan fingerprint density at radius 2 is 1.90 bits per heavy atom. The van der Waals surface area contributed by atoms with Gasteiger partial charge >= 0.3 is 0 Å². The van der Waals surface area contributed by atoms with E-state index >= 15 is 0 Å². The summed E-state index contributed by atoms with van der Waals surface area (Å²) in [5.41, 5.74) is 2.25. The van der Waals surface area contributed by atoms with Gasteiger partial charge in [0, 0.05) is 16.8 Å². The first kappa shape index (κ1) is 18.7. The summed E-state index contributed by atoms with van der Waals surface area (Å²) in [5, 5.41) is 12.2. The van der Waals surface area contributed by atoms with E-state index in [-0.39, 0.29) is 18.4 Å². The molecule has 0 bridgehead atoms. The average molecular weight is 390 g/mol. The topological polar surface area (TPSA) is 82.2 Å². The van der Waals surface area contributed by atoms with Crippen molar-refractivity contribution in [3.05, 3.63) is 60.5 Å². The fourth-order valence-corrected chi connectivity index (χ4v) is 3.21. The fraction of sp³-hybridized carbons (Fsp3) is 0.227. The van der Waals surface area contributed by atoms with Crippen LogP contribution in [0, 0.1) is 0 Å². The van der Waals surface area contributed by atoms with Gasteiger partial charge in [-0.1, -0.05) is 44.2 Å². The highest BCUT2D eigenvalue weighted by Crippen LogP contribution is 2.29. The van der Waals surface area contributed by atoms with Crippen molar-refractivity contribution in [2.75, 3.05) is 12.4 Å². The normalized spacial score (nSPS) is 11.2. The summed E-state index contributed by atoms with van der Waals surface area (Å²) in [4.78, 5) is 12.8. The van der Waals surface area contributed by atoms with Gasteiger partial charge in [0.1, 0.15) is 18.0 Å². The number of carbonyl (C=O) groups is 1. The van der Waals surface area contributed by atoms with Gasteiger partial charge in [-0.05, 0) is 24.3 Å². The Morgan fingerprint density at radius 3 is 2.66 bits per heavy atom. The minimum Gasteiger partial charge on any atom is -0.495 e. The summed E-state index contributed by atoms with van der Waals surface area (Å²) in [6, 6.07) is 17.1. The number of methoxy groups -OCH3 is 1. The zero-order chi connectivity index (χ0) is 20.4. The summed E-state index contributed by atoms with van der Waals surface area (Å²) in [5.74, 6) is 1.52. The van der Waals surface area contributed by atoms with Crippen molar-refractivity contribution >= 4 is 22.5 Å². The Hall–Kier alpha value is -3.61. The third-order valence-electron chi connectivity index (χ3n) is 4.65. The third kappa shape index (κ3) is 3.71. The van der Waals surface area contributed by atoms with Crippen LogP contribution in [0.5, 0.6) is 5.75 Å². The van der Waals surface area contributed by atoms with Crippen molar-refractivity contribution < 1.29 is 13.9 Å². The molecule has 2 aromatic carbocycles. The predicted molar refractivity (Wildman–Crippen MR) is 111 cm³/mol. The maximum Gasteiger partial charge on any atom is 0.264 e. The molecule has 0 saturated heterocycles. The van der Waals surface area contributed by atoms with Gasteiger partial charge in [0.2, 0.25) is 11.8 Å². The van der Waals surface area contributed by atoms with Crippen LogP contribution < -0.4 is 10.1 Å². The monoisotopic (exact) mass is 390 g/mol. The van der Waals surface area contributed by atoms with Gasteiger partial charge in [0.15, 0.2) is 0 Å². The summed E-state index contributed by atoms with van der Waals surface area (Å²) < 4.78 is 13.0. The molecule has 1 N–H and O–H groups in total. The maximum atomic E-state index is 12.8. The summed E-state index contributed by atoms with van der Waals surface area (Å²) in [6.45, 7) is 4.08. The molecule has 2 aromatic heterocycles. The lowest BCUT2D eigenvalue weighted by Gasteiger charge is -2.12. The van der Waals surface area contributed by atoms with Gasteiger partial charge in [0.25, 0.3) is 5.89 Å². The van der Waals surface area contributed by atoms with Crippen LogP contribution in [0.4, 0.5) is 5.69 Å². The van der Waals surface area contributed by atoms with Crippen LogP contribution in [0.3, 0.4) is 0 Å². The molecule has 0 aliphatic rings. The summed E-state index contributed by atoms with van der Waals surface area (Å²) in [7, 11) is 1.57. The van der Waals surface area contributed by atoms with Crippen molar-refractivity contribution in [3.8, 4) is 17.3 Å². The molecule has 1 amide bonds. The first-order chi connectivity index (χ1) is 14.1. The van der Waals surface area contributed by atoms with Crippen LogP contribution in [0.25, 0.3) is 22.5 Å². The second kappa shape index (κ2) is 7.79. The molecule has 4 rings (SSSR count). The van der Waals surface area contributed by atoms with Gasteiger partial charge in [-0.15, -0.1) is 10.2 Å². The molecule has 7 nitrogen and oxygen atoms in total. The van der Waals surface area contributed by atoms with Crippen LogP contribution in [-0.4, -0.2) is 27.8 Å². The Kier molecular flexibility index (Phi) is 5.03. The highest BCUT2D eigenvalue weighted by Gasteiger charge is 2.19. The van der Waals surface area contributed by atoms with Crippen LogP contribution in [0.15, 0.2) is 59.0 Å². The lowest BCUT2D eigenvalue weighted by atomic mass is 10.2. The van der Waals surface area contributed by atoms with E-state index in [1.165, 1.54) is 0 Å². The number of nitrogens with zero attached hydrogens (tertiary/aromatic N) is 3. The molecule has 7 heteroatoms. The van der Waals surface area contributed by atoms with E-state index in [2.05, 4.69) is 15.5 Å². The minimum atomic E-state index is -0.180. The number of carbonyl (C=O) groups excluding carboxylic acids is 1. The first-order valence-electron chi connectivity index (χ1n) is 9.41. The zero-order valence-corrected chi connectivity index (χ0v) is 16.5. The van der Waals surface area contributed by atoms with Gasteiger partial charge in [-0.25, -0.2) is 0 Å². The predicted octanol–water partition coefficient (Wildman–Crippen LogP) is 4.46. The van der Waals surface area contributed by atoms with Crippen LogP contribution in [0.2, 0.25) is 0 Å². The molecule has 29 heavy (non-hydrogen) atoms. The number of amides is 1. The molecule has 0 aliphatic carbocycles. The van der Waals surface area contributed by atoms with E-state index in [0.29, 0.717) is 28.9 Å². The van der Waals surface area contributed by atoms with Crippen molar-refractivity contribution in [1.82, 2.24) is 14.8 Å². The molecule has 0 atom stereocenters. The minimum absolute atomic E-state index is 0.0975. The van der Waals surface area contributed by atoms with Crippen molar-refractivity contribution in [2.45, 2.75) is 26.3 Å². The molecule has 0 spiro atoms. The standard InChI is InChI=1S/C22H22N4O3/c1-14(2)21-24-25-22(29-21)18-12-15-8-4-6-10-17(15)26(18)13-20(27)23-16-9-5-7-11-19(16)28-3/h4-12,14H,13H2,1-3H3,(H,23,27). The quantitative estimate of drug-likeness (QED) is 0.525. The average Bonchev–Trinajstić information content (AvgIpc) is 3.34. The van der Waals surface area contributed by atoms with Crippen molar-refractivity contribution in [3.63, 3.8) is 0 Å². The van der Waals surface area contributed by atoms with Gasteiger partial charge in [-0.2, -0.15) is 0 Å². The van der Waals surface area contributed by atoms with E-state index < -0.39 is 0 Å². The molecule has 148 valence electrons.